The van der Waals surface area contributed by atoms with Crippen molar-refractivity contribution in [3.05, 3.63) is 17.5 Å². The molecule has 0 saturated carbocycles. The number of piperidine rings is 1. The lowest BCUT2D eigenvalue weighted by atomic mass is 10.00. The monoisotopic (exact) mass is 265 g/mol. The highest BCUT2D eigenvalue weighted by Gasteiger charge is 2.22. The summed E-state index contributed by atoms with van der Waals surface area (Å²) in [6, 6.07) is 3.29. The van der Waals surface area contributed by atoms with Crippen molar-refractivity contribution >= 4 is 0 Å². The third kappa shape index (κ3) is 4.32. The van der Waals surface area contributed by atoms with Crippen LogP contribution in [0.1, 0.15) is 57.9 Å². The van der Waals surface area contributed by atoms with Gasteiger partial charge in [-0.25, -0.2) is 0 Å². The van der Waals surface area contributed by atoms with Crippen LogP contribution in [0, 0.1) is 0 Å². The summed E-state index contributed by atoms with van der Waals surface area (Å²) in [6.45, 7) is 9.45. The van der Waals surface area contributed by atoms with Crippen molar-refractivity contribution in [2.24, 2.45) is 0 Å². The van der Waals surface area contributed by atoms with Crippen LogP contribution in [0.25, 0.3) is 0 Å². The summed E-state index contributed by atoms with van der Waals surface area (Å²) in [5.74, 6) is 1.00. The molecule has 2 rings (SSSR count). The first kappa shape index (κ1) is 14.5. The van der Waals surface area contributed by atoms with Gasteiger partial charge in [0.2, 0.25) is 0 Å². The molecule has 0 amide bonds. The Morgan fingerprint density at radius 1 is 1.47 bits per heavy atom. The molecule has 108 valence electrons. The Bertz CT molecular complexity index is 375. The molecule has 0 spiro atoms. The number of likely N-dealkylation sites (tertiary alicyclic amines) is 1. The van der Waals surface area contributed by atoms with Crippen molar-refractivity contribution in [2.45, 2.75) is 71.6 Å². The first-order valence-electron chi connectivity index (χ1n) is 7.61. The molecule has 4 heteroatoms. The van der Waals surface area contributed by atoms with Crippen molar-refractivity contribution < 1.29 is 4.52 Å². The summed E-state index contributed by atoms with van der Waals surface area (Å²) < 4.78 is 5.46. The average molecular weight is 265 g/mol. The normalized spacial score (nSPS) is 21.2. The van der Waals surface area contributed by atoms with Gasteiger partial charge in [-0.1, -0.05) is 32.3 Å². The van der Waals surface area contributed by atoms with E-state index in [4.69, 9.17) is 4.52 Å². The maximum Gasteiger partial charge on any atom is 0.151 e. The van der Waals surface area contributed by atoms with Crippen molar-refractivity contribution in [3.8, 4) is 0 Å². The fourth-order valence-electron chi connectivity index (χ4n) is 2.75. The van der Waals surface area contributed by atoms with Crippen LogP contribution >= 0.6 is 0 Å². The van der Waals surface area contributed by atoms with Crippen molar-refractivity contribution in [1.82, 2.24) is 15.4 Å². The number of nitrogens with zero attached hydrogens (tertiary/aromatic N) is 2. The Balaban J connectivity index is 1.88. The molecule has 0 aliphatic carbocycles. The fraction of sp³-hybridized carbons (Fsp3) is 0.800. The lowest BCUT2D eigenvalue weighted by Gasteiger charge is -2.34. The maximum absolute atomic E-state index is 5.46. The predicted molar refractivity (Wildman–Crippen MR) is 76.8 cm³/mol. The maximum atomic E-state index is 5.46. The predicted octanol–water partition coefficient (Wildman–Crippen LogP) is 2.94. The smallest absolute Gasteiger partial charge is 0.151 e. The number of aromatic nitrogens is 1. The summed E-state index contributed by atoms with van der Waals surface area (Å²) in [4.78, 5) is 2.55. The van der Waals surface area contributed by atoms with E-state index in [1.165, 1.54) is 32.2 Å². The van der Waals surface area contributed by atoms with Gasteiger partial charge >= 0.3 is 0 Å². The average Bonchev–Trinajstić information content (AvgIpc) is 2.85. The van der Waals surface area contributed by atoms with Crippen molar-refractivity contribution in [1.29, 1.82) is 0 Å². The van der Waals surface area contributed by atoms with E-state index < -0.39 is 0 Å². The van der Waals surface area contributed by atoms with Gasteiger partial charge in [0.25, 0.3) is 0 Å². The van der Waals surface area contributed by atoms with Gasteiger partial charge in [0.05, 0.1) is 12.2 Å². The quantitative estimate of drug-likeness (QED) is 0.858. The SMILES string of the molecule is CCC1CCCCN1Cc1cc(CNC(C)C)no1. The first-order chi connectivity index (χ1) is 9.19. The van der Waals surface area contributed by atoms with Gasteiger partial charge in [0.15, 0.2) is 5.76 Å². The standard InChI is InChI=1S/C15H27N3O/c1-4-14-7-5-6-8-18(14)11-15-9-13(17-19-15)10-16-12(2)3/h9,12,14,16H,4-8,10-11H2,1-3H3. The summed E-state index contributed by atoms with van der Waals surface area (Å²) in [5.41, 5.74) is 1.01. The highest BCUT2D eigenvalue weighted by molar-refractivity contribution is 5.05. The van der Waals surface area contributed by atoms with Gasteiger partial charge in [-0.2, -0.15) is 0 Å². The molecule has 1 aliphatic rings. The molecule has 1 fully saturated rings. The highest BCUT2D eigenvalue weighted by Crippen LogP contribution is 2.21. The Labute approximate surface area is 116 Å². The third-order valence-electron chi connectivity index (χ3n) is 3.88. The van der Waals surface area contributed by atoms with Gasteiger partial charge in [-0.15, -0.1) is 0 Å². The zero-order valence-corrected chi connectivity index (χ0v) is 12.5. The van der Waals surface area contributed by atoms with Crippen LogP contribution in [0.3, 0.4) is 0 Å². The van der Waals surface area contributed by atoms with E-state index in [1.807, 2.05) is 0 Å². The molecule has 1 saturated heterocycles. The second kappa shape index (κ2) is 7.06. The molecule has 1 aromatic rings. The van der Waals surface area contributed by atoms with E-state index in [1.54, 1.807) is 0 Å². The molecule has 19 heavy (non-hydrogen) atoms. The lowest BCUT2D eigenvalue weighted by molar-refractivity contribution is 0.123. The van der Waals surface area contributed by atoms with Crippen LogP contribution in [0.4, 0.5) is 0 Å². The molecule has 0 bridgehead atoms. The second-order valence-corrected chi connectivity index (χ2v) is 5.85. The molecule has 1 aromatic heterocycles. The molecular formula is C15H27N3O. The Hall–Kier alpha value is -0.870. The number of hydrogen-bond acceptors (Lipinski definition) is 4. The third-order valence-corrected chi connectivity index (χ3v) is 3.88. The minimum Gasteiger partial charge on any atom is -0.360 e. The molecule has 1 unspecified atom stereocenters. The van der Waals surface area contributed by atoms with Gasteiger partial charge in [0, 0.05) is 24.7 Å². The number of nitrogens with one attached hydrogen (secondary N) is 1. The van der Waals surface area contributed by atoms with Crippen LogP contribution in [0.5, 0.6) is 0 Å². The van der Waals surface area contributed by atoms with E-state index in [0.717, 1.165) is 30.6 Å². The molecule has 0 aromatic carbocycles. The molecule has 2 heterocycles. The second-order valence-electron chi connectivity index (χ2n) is 5.85. The van der Waals surface area contributed by atoms with Crippen molar-refractivity contribution in [2.75, 3.05) is 6.54 Å². The number of hydrogen-bond donors (Lipinski definition) is 1. The van der Waals surface area contributed by atoms with E-state index in [0.29, 0.717) is 6.04 Å². The molecule has 1 aliphatic heterocycles. The van der Waals surface area contributed by atoms with Crippen LogP contribution in [0.2, 0.25) is 0 Å². The minimum atomic E-state index is 0.478. The summed E-state index contributed by atoms with van der Waals surface area (Å²) in [6.07, 6.45) is 5.24. The van der Waals surface area contributed by atoms with E-state index in [-0.39, 0.29) is 0 Å². The highest BCUT2D eigenvalue weighted by atomic mass is 16.5. The van der Waals surface area contributed by atoms with Gasteiger partial charge in [-0.05, 0) is 25.8 Å². The molecule has 1 atom stereocenters. The minimum absolute atomic E-state index is 0.478. The summed E-state index contributed by atoms with van der Waals surface area (Å²) in [7, 11) is 0. The molecule has 1 N–H and O–H groups in total. The van der Waals surface area contributed by atoms with Crippen LogP contribution in [0.15, 0.2) is 10.6 Å². The van der Waals surface area contributed by atoms with E-state index in [2.05, 4.69) is 42.2 Å². The largest absolute Gasteiger partial charge is 0.360 e. The fourth-order valence-corrected chi connectivity index (χ4v) is 2.75. The number of rotatable bonds is 6. The van der Waals surface area contributed by atoms with Crippen LogP contribution in [-0.4, -0.2) is 28.7 Å². The summed E-state index contributed by atoms with van der Waals surface area (Å²) in [5, 5.41) is 7.50. The van der Waals surface area contributed by atoms with Gasteiger partial charge in [-0.3, -0.25) is 4.90 Å². The van der Waals surface area contributed by atoms with Crippen molar-refractivity contribution in [3.63, 3.8) is 0 Å². The van der Waals surface area contributed by atoms with Crippen LogP contribution in [-0.2, 0) is 13.1 Å². The lowest BCUT2D eigenvalue weighted by Crippen LogP contribution is -2.38. The Kier molecular flexibility index (Phi) is 5.40. The Morgan fingerprint density at radius 2 is 2.32 bits per heavy atom. The molecular weight excluding hydrogens is 238 g/mol. The zero-order chi connectivity index (χ0) is 13.7. The summed E-state index contributed by atoms with van der Waals surface area (Å²) >= 11 is 0. The zero-order valence-electron chi connectivity index (χ0n) is 12.5. The topological polar surface area (TPSA) is 41.3 Å². The first-order valence-corrected chi connectivity index (χ1v) is 7.61. The van der Waals surface area contributed by atoms with Gasteiger partial charge in [0.1, 0.15) is 0 Å². The molecule has 0 radical (unpaired) electrons. The van der Waals surface area contributed by atoms with E-state index in [9.17, 15) is 0 Å². The Morgan fingerprint density at radius 3 is 3.05 bits per heavy atom. The molecule has 4 nitrogen and oxygen atoms in total. The van der Waals surface area contributed by atoms with E-state index >= 15 is 0 Å². The van der Waals surface area contributed by atoms with Crippen LogP contribution < -0.4 is 5.32 Å². The van der Waals surface area contributed by atoms with Gasteiger partial charge < -0.3 is 9.84 Å².